The number of benzene rings is 2. The van der Waals surface area contributed by atoms with Gasteiger partial charge in [-0.3, -0.25) is 4.79 Å². The van der Waals surface area contributed by atoms with E-state index in [1.807, 2.05) is 6.07 Å². The number of carbonyl (C=O) groups excluding carboxylic acids is 1. The summed E-state index contributed by atoms with van der Waals surface area (Å²) in [6.45, 7) is 4.35. The van der Waals surface area contributed by atoms with Crippen molar-refractivity contribution in [2.75, 3.05) is 0 Å². The molecule has 2 aromatic rings. The molecule has 0 spiro atoms. The molecule has 0 saturated carbocycles. The molecule has 1 atom stereocenters. The van der Waals surface area contributed by atoms with Gasteiger partial charge in [0.25, 0.3) is 0 Å². The monoisotopic (exact) mass is 328 g/mol. The molecule has 2 heteroatoms. The van der Waals surface area contributed by atoms with E-state index in [0.717, 1.165) is 29.2 Å². The molecule has 0 bridgehead atoms. The van der Waals surface area contributed by atoms with Gasteiger partial charge in [0.15, 0.2) is 0 Å². The molecule has 0 N–H and O–H groups in total. The highest BCUT2D eigenvalue weighted by molar-refractivity contribution is 9.10. The van der Waals surface area contributed by atoms with Crippen LogP contribution in [0.2, 0.25) is 0 Å². The maximum atomic E-state index is 11.3. The van der Waals surface area contributed by atoms with Gasteiger partial charge in [0.1, 0.15) is 6.29 Å². The van der Waals surface area contributed by atoms with Gasteiger partial charge in [-0.2, -0.15) is 0 Å². The maximum absolute atomic E-state index is 11.3. The first-order chi connectivity index (χ1) is 9.71. The van der Waals surface area contributed by atoms with Crippen LogP contribution in [-0.4, -0.2) is 6.29 Å². The molecular formula is C18H17BrO. The third-order valence-electron chi connectivity index (χ3n) is 4.31. The average molecular weight is 329 g/mol. The van der Waals surface area contributed by atoms with E-state index in [4.69, 9.17) is 0 Å². The van der Waals surface area contributed by atoms with E-state index in [2.05, 4.69) is 54.0 Å². The lowest BCUT2D eigenvalue weighted by Crippen LogP contribution is -2.02. The van der Waals surface area contributed by atoms with Gasteiger partial charge in [0.05, 0.1) is 0 Å². The van der Waals surface area contributed by atoms with Crippen LogP contribution in [0.15, 0.2) is 34.8 Å². The molecule has 1 unspecified atom stereocenters. The van der Waals surface area contributed by atoms with Crippen molar-refractivity contribution in [3.63, 3.8) is 0 Å². The predicted octanol–water partition coefficient (Wildman–Crippen LogP) is 5.35. The Morgan fingerprint density at radius 2 is 1.90 bits per heavy atom. The first-order valence-electron chi connectivity index (χ1n) is 7.12. The molecule has 102 valence electrons. The van der Waals surface area contributed by atoms with Crippen LogP contribution in [-0.2, 0) is 6.42 Å². The van der Waals surface area contributed by atoms with Crippen LogP contribution < -0.4 is 0 Å². The SMILES string of the molecule is CCc1c(C=O)ccc2c1C(CC)c1cc(Br)ccc1-2. The van der Waals surface area contributed by atoms with Crippen molar-refractivity contribution < 1.29 is 4.79 Å². The lowest BCUT2D eigenvalue weighted by Gasteiger charge is -2.16. The summed E-state index contributed by atoms with van der Waals surface area (Å²) in [5.74, 6) is 0.410. The predicted molar refractivity (Wildman–Crippen MR) is 86.5 cm³/mol. The molecule has 0 aromatic heterocycles. The normalized spacial score (nSPS) is 15.8. The molecule has 0 amide bonds. The molecule has 1 nitrogen and oxygen atoms in total. The van der Waals surface area contributed by atoms with Crippen LogP contribution in [0, 0.1) is 0 Å². The van der Waals surface area contributed by atoms with E-state index in [1.165, 1.54) is 27.8 Å². The second-order valence-electron chi connectivity index (χ2n) is 5.26. The molecule has 1 aliphatic carbocycles. The van der Waals surface area contributed by atoms with Crippen molar-refractivity contribution in [1.82, 2.24) is 0 Å². The summed E-state index contributed by atoms with van der Waals surface area (Å²) in [4.78, 5) is 11.3. The Labute approximate surface area is 128 Å². The second-order valence-corrected chi connectivity index (χ2v) is 6.17. The third kappa shape index (κ3) is 1.86. The number of aldehydes is 1. The summed E-state index contributed by atoms with van der Waals surface area (Å²) in [7, 11) is 0. The summed E-state index contributed by atoms with van der Waals surface area (Å²) in [5.41, 5.74) is 7.44. The Kier molecular flexibility index (Phi) is 3.51. The minimum atomic E-state index is 0.410. The van der Waals surface area contributed by atoms with Crippen molar-refractivity contribution >= 4 is 22.2 Å². The van der Waals surface area contributed by atoms with Crippen LogP contribution in [0.1, 0.15) is 53.2 Å². The number of rotatable bonds is 3. The number of carbonyl (C=O) groups is 1. The van der Waals surface area contributed by atoms with Crippen LogP contribution in [0.5, 0.6) is 0 Å². The Bertz CT molecular complexity index is 688. The van der Waals surface area contributed by atoms with Crippen LogP contribution in [0.25, 0.3) is 11.1 Å². The zero-order chi connectivity index (χ0) is 14.3. The van der Waals surface area contributed by atoms with Crippen LogP contribution >= 0.6 is 15.9 Å². The topological polar surface area (TPSA) is 17.1 Å². The lowest BCUT2D eigenvalue weighted by atomic mass is 9.88. The molecule has 2 aromatic carbocycles. The van der Waals surface area contributed by atoms with Crippen molar-refractivity contribution in [3.05, 3.63) is 57.1 Å². The highest BCUT2D eigenvalue weighted by Crippen LogP contribution is 2.49. The quantitative estimate of drug-likeness (QED) is 0.694. The van der Waals surface area contributed by atoms with E-state index in [9.17, 15) is 4.79 Å². The highest BCUT2D eigenvalue weighted by Gasteiger charge is 2.30. The molecule has 0 fully saturated rings. The molecular weight excluding hydrogens is 312 g/mol. The van der Waals surface area contributed by atoms with Gasteiger partial charge < -0.3 is 0 Å². The van der Waals surface area contributed by atoms with Crippen molar-refractivity contribution in [1.29, 1.82) is 0 Å². The van der Waals surface area contributed by atoms with Gasteiger partial charge in [-0.05, 0) is 52.8 Å². The Hall–Kier alpha value is -1.41. The van der Waals surface area contributed by atoms with Crippen molar-refractivity contribution in [3.8, 4) is 11.1 Å². The molecule has 0 aliphatic heterocycles. The van der Waals surface area contributed by atoms with Gasteiger partial charge in [-0.1, -0.05) is 48.0 Å². The van der Waals surface area contributed by atoms with Crippen molar-refractivity contribution in [2.45, 2.75) is 32.6 Å². The second kappa shape index (κ2) is 5.17. The maximum Gasteiger partial charge on any atom is 0.150 e. The van der Waals surface area contributed by atoms with E-state index in [1.54, 1.807) is 0 Å². The fourth-order valence-electron chi connectivity index (χ4n) is 3.47. The molecule has 0 saturated heterocycles. The van der Waals surface area contributed by atoms with Crippen molar-refractivity contribution in [2.24, 2.45) is 0 Å². The number of fused-ring (bicyclic) bond motifs is 3. The number of hydrogen-bond acceptors (Lipinski definition) is 1. The van der Waals surface area contributed by atoms with E-state index >= 15 is 0 Å². The zero-order valence-corrected chi connectivity index (χ0v) is 13.3. The third-order valence-corrected chi connectivity index (χ3v) is 4.80. The van der Waals surface area contributed by atoms with Gasteiger partial charge >= 0.3 is 0 Å². The summed E-state index contributed by atoms with van der Waals surface area (Å²) in [5, 5.41) is 0. The first-order valence-corrected chi connectivity index (χ1v) is 7.91. The minimum Gasteiger partial charge on any atom is -0.298 e. The molecule has 1 aliphatic rings. The zero-order valence-electron chi connectivity index (χ0n) is 11.7. The molecule has 3 rings (SSSR count). The van der Waals surface area contributed by atoms with E-state index in [0.29, 0.717) is 5.92 Å². The smallest absolute Gasteiger partial charge is 0.150 e. The largest absolute Gasteiger partial charge is 0.298 e. The number of hydrogen-bond donors (Lipinski definition) is 0. The van der Waals surface area contributed by atoms with Crippen LogP contribution in [0.4, 0.5) is 0 Å². The fraction of sp³-hybridized carbons (Fsp3) is 0.278. The molecule has 20 heavy (non-hydrogen) atoms. The van der Waals surface area contributed by atoms with E-state index < -0.39 is 0 Å². The first kappa shape index (κ1) is 13.6. The molecule has 0 heterocycles. The lowest BCUT2D eigenvalue weighted by molar-refractivity contribution is 0.112. The Morgan fingerprint density at radius 3 is 2.55 bits per heavy atom. The summed E-state index contributed by atoms with van der Waals surface area (Å²) in [6, 6.07) is 10.6. The average Bonchev–Trinajstić information content (AvgIpc) is 2.78. The number of halogens is 1. The van der Waals surface area contributed by atoms with Gasteiger partial charge in [-0.25, -0.2) is 0 Å². The standard InChI is InChI=1S/C18H17BrO/c1-3-13-11(10-20)5-7-16-15-8-6-12(19)9-17(15)14(4-2)18(13)16/h5-10,14H,3-4H2,1-2H3. The summed E-state index contributed by atoms with van der Waals surface area (Å²) < 4.78 is 1.12. The summed E-state index contributed by atoms with van der Waals surface area (Å²) >= 11 is 3.57. The fourth-order valence-corrected chi connectivity index (χ4v) is 3.84. The summed E-state index contributed by atoms with van der Waals surface area (Å²) in [6.07, 6.45) is 2.96. The highest BCUT2D eigenvalue weighted by atomic mass is 79.9. The molecule has 0 radical (unpaired) electrons. The van der Waals surface area contributed by atoms with E-state index in [-0.39, 0.29) is 0 Å². The Morgan fingerprint density at radius 1 is 1.15 bits per heavy atom. The van der Waals surface area contributed by atoms with Crippen LogP contribution in [0.3, 0.4) is 0 Å². The van der Waals surface area contributed by atoms with Gasteiger partial charge in [0.2, 0.25) is 0 Å². The Balaban J connectivity index is 2.33. The van der Waals surface area contributed by atoms with Gasteiger partial charge in [0, 0.05) is 16.0 Å². The van der Waals surface area contributed by atoms with Gasteiger partial charge in [-0.15, -0.1) is 0 Å². The minimum absolute atomic E-state index is 0.410.